The second kappa shape index (κ2) is 11.0. The first kappa shape index (κ1) is 26.0. The standard InChI is InChI=1S/C28H22Cl2N4O3S/c1-3-36-24-14-17(7-11-23(24)37-15-18-6-10-21(29)22(30)13-18)12-20-25(31)34-28(32-26(20)35)38-27(33-34)19-8-4-16(2)5-9-19/h4-14,31H,3,15H2,1-2H3. The minimum Gasteiger partial charge on any atom is -0.490 e. The maximum absolute atomic E-state index is 12.9. The number of fused-ring (bicyclic) bond motifs is 1. The molecule has 7 nitrogen and oxygen atoms in total. The maximum Gasteiger partial charge on any atom is 0.283 e. The highest BCUT2D eigenvalue weighted by Crippen LogP contribution is 2.33. The molecule has 38 heavy (non-hydrogen) atoms. The van der Waals surface area contributed by atoms with E-state index in [0.29, 0.717) is 43.9 Å². The largest absolute Gasteiger partial charge is 0.490 e. The molecule has 10 heteroatoms. The van der Waals surface area contributed by atoms with Crippen LogP contribution in [-0.2, 0) is 11.4 Å². The number of hydrogen-bond acceptors (Lipinski definition) is 6. The fraction of sp³-hybridized carbons (Fsp3) is 0.143. The van der Waals surface area contributed by atoms with E-state index in [-0.39, 0.29) is 18.0 Å². The molecule has 0 fully saturated rings. The van der Waals surface area contributed by atoms with Crippen molar-refractivity contribution in [3.05, 3.63) is 98.5 Å². The number of nitrogens with one attached hydrogen (secondary N) is 1. The van der Waals surface area contributed by atoms with E-state index in [4.69, 9.17) is 38.1 Å². The lowest BCUT2D eigenvalue weighted by atomic mass is 10.1. The van der Waals surface area contributed by atoms with Gasteiger partial charge in [-0.2, -0.15) is 15.1 Å². The van der Waals surface area contributed by atoms with Gasteiger partial charge in [0.2, 0.25) is 5.17 Å². The zero-order chi connectivity index (χ0) is 26.8. The summed E-state index contributed by atoms with van der Waals surface area (Å²) >= 11 is 13.4. The lowest BCUT2D eigenvalue weighted by molar-refractivity contribution is -0.114. The van der Waals surface area contributed by atoms with Crippen LogP contribution in [-0.4, -0.2) is 33.6 Å². The van der Waals surface area contributed by atoms with Crippen molar-refractivity contribution < 1.29 is 14.3 Å². The summed E-state index contributed by atoms with van der Waals surface area (Å²) in [6.07, 6.45) is 1.61. The number of benzene rings is 3. The van der Waals surface area contributed by atoms with Gasteiger partial charge in [-0.15, -0.1) is 0 Å². The quantitative estimate of drug-likeness (QED) is 0.314. The van der Waals surface area contributed by atoms with E-state index in [0.717, 1.165) is 16.7 Å². The number of carbonyl (C=O) groups excluding carboxylic acids is 1. The van der Waals surface area contributed by atoms with Crippen LogP contribution < -0.4 is 9.47 Å². The van der Waals surface area contributed by atoms with Crippen LogP contribution in [0, 0.1) is 12.3 Å². The third-order valence-corrected chi connectivity index (χ3v) is 7.41. The van der Waals surface area contributed by atoms with Gasteiger partial charge in [-0.25, -0.2) is 0 Å². The van der Waals surface area contributed by atoms with E-state index < -0.39 is 5.91 Å². The Bertz CT molecular complexity index is 1530. The molecular weight excluding hydrogens is 543 g/mol. The van der Waals surface area contributed by atoms with Crippen LogP contribution in [0.15, 0.2) is 76.3 Å². The van der Waals surface area contributed by atoms with Crippen molar-refractivity contribution in [2.24, 2.45) is 10.1 Å². The first-order valence-electron chi connectivity index (χ1n) is 11.7. The molecule has 0 unspecified atom stereocenters. The number of aliphatic imine (C=N–C) groups is 1. The van der Waals surface area contributed by atoms with E-state index in [1.165, 1.54) is 16.8 Å². The summed E-state index contributed by atoms with van der Waals surface area (Å²) in [5.74, 6) is 0.519. The van der Waals surface area contributed by atoms with E-state index in [2.05, 4.69) is 10.1 Å². The van der Waals surface area contributed by atoms with Gasteiger partial charge in [-0.3, -0.25) is 10.2 Å². The molecule has 0 saturated heterocycles. The molecule has 0 atom stereocenters. The number of hydrogen-bond donors (Lipinski definition) is 1. The number of aryl methyl sites for hydroxylation is 1. The van der Waals surface area contributed by atoms with Crippen molar-refractivity contribution in [1.29, 1.82) is 5.41 Å². The minimum atomic E-state index is -0.494. The highest BCUT2D eigenvalue weighted by molar-refractivity contribution is 8.27. The van der Waals surface area contributed by atoms with Crippen LogP contribution >= 0.6 is 35.0 Å². The highest BCUT2D eigenvalue weighted by atomic mass is 35.5. The minimum absolute atomic E-state index is 0.0347. The van der Waals surface area contributed by atoms with Crippen LogP contribution in [0.5, 0.6) is 11.5 Å². The van der Waals surface area contributed by atoms with Crippen LogP contribution in [0.1, 0.15) is 29.2 Å². The fourth-order valence-electron chi connectivity index (χ4n) is 3.76. The van der Waals surface area contributed by atoms with Crippen LogP contribution in [0.4, 0.5) is 0 Å². The molecule has 1 amide bonds. The highest BCUT2D eigenvalue weighted by Gasteiger charge is 2.36. The SMILES string of the molecule is CCOc1cc(C=C2C(=N)N3N=C(c4ccc(C)cc4)SC3=NC2=O)ccc1OCc1ccc(Cl)c(Cl)c1. The normalized spacial score (nSPS) is 15.9. The molecule has 2 aliphatic rings. The number of ether oxygens (including phenoxy) is 2. The van der Waals surface area contributed by atoms with E-state index in [9.17, 15) is 4.79 Å². The van der Waals surface area contributed by atoms with E-state index >= 15 is 0 Å². The molecule has 0 bridgehead atoms. The Morgan fingerprint density at radius 3 is 2.53 bits per heavy atom. The lowest BCUT2D eigenvalue weighted by Crippen LogP contribution is -2.35. The second-order valence-electron chi connectivity index (χ2n) is 8.47. The van der Waals surface area contributed by atoms with Gasteiger partial charge in [0, 0.05) is 5.56 Å². The van der Waals surface area contributed by atoms with Gasteiger partial charge in [-0.05, 0) is 67.1 Å². The first-order valence-corrected chi connectivity index (χ1v) is 13.3. The smallest absolute Gasteiger partial charge is 0.283 e. The van der Waals surface area contributed by atoms with E-state index in [1.807, 2.05) is 44.2 Å². The monoisotopic (exact) mass is 564 g/mol. The van der Waals surface area contributed by atoms with Gasteiger partial charge >= 0.3 is 0 Å². The molecule has 3 aromatic rings. The topological polar surface area (TPSA) is 87.3 Å². The van der Waals surface area contributed by atoms with Gasteiger partial charge in [-0.1, -0.05) is 65.2 Å². The fourth-order valence-corrected chi connectivity index (χ4v) is 4.98. The first-order chi connectivity index (χ1) is 18.3. The van der Waals surface area contributed by atoms with Gasteiger partial charge in [0.05, 0.1) is 22.2 Å². The molecule has 0 radical (unpaired) electrons. The lowest BCUT2D eigenvalue weighted by Gasteiger charge is -2.20. The van der Waals surface area contributed by atoms with Gasteiger partial charge in [0.25, 0.3) is 5.91 Å². The molecular formula is C28H22Cl2N4O3S. The third-order valence-electron chi connectivity index (χ3n) is 5.71. The van der Waals surface area contributed by atoms with Crippen molar-refractivity contribution in [1.82, 2.24) is 5.01 Å². The molecule has 192 valence electrons. The number of hydrazone groups is 1. The molecule has 0 spiro atoms. The Morgan fingerprint density at radius 1 is 1.00 bits per heavy atom. The Hall–Kier alpha value is -3.59. The summed E-state index contributed by atoms with van der Waals surface area (Å²) < 4.78 is 11.8. The molecule has 0 aliphatic carbocycles. The summed E-state index contributed by atoms with van der Waals surface area (Å²) in [6.45, 7) is 4.58. The van der Waals surface area contributed by atoms with Crippen LogP contribution in [0.3, 0.4) is 0 Å². The zero-order valence-electron chi connectivity index (χ0n) is 20.5. The Kier molecular flexibility index (Phi) is 7.56. The molecule has 0 aromatic heterocycles. The average molecular weight is 565 g/mol. The average Bonchev–Trinajstić information content (AvgIpc) is 3.33. The number of thioether (sulfide) groups is 1. The number of amidine groups is 2. The molecule has 2 heterocycles. The van der Waals surface area contributed by atoms with Gasteiger partial charge < -0.3 is 9.47 Å². The summed E-state index contributed by atoms with van der Waals surface area (Å²) in [6, 6.07) is 18.5. The summed E-state index contributed by atoms with van der Waals surface area (Å²) in [7, 11) is 0. The predicted molar refractivity (Wildman–Crippen MR) is 154 cm³/mol. The van der Waals surface area contributed by atoms with E-state index in [1.54, 1.807) is 36.4 Å². The number of nitrogens with zero attached hydrogens (tertiary/aromatic N) is 3. The predicted octanol–water partition coefficient (Wildman–Crippen LogP) is 6.95. The van der Waals surface area contributed by atoms with Crippen molar-refractivity contribution in [3.63, 3.8) is 0 Å². The molecule has 0 saturated carbocycles. The summed E-state index contributed by atoms with van der Waals surface area (Å²) in [5, 5.41) is 16.6. The number of amides is 1. The number of carbonyl (C=O) groups is 1. The zero-order valence-corrected chi connectivity index (χ0v) is 22.8. The molecule has 3 aromatic carbocycles. The van der Waals surface area contributed by atoms with Crippen LogP contribution in [0.2, 0.25) is 10.0 Å². The second-order valence-corrected chi connectivity index (χ2v) is 10.2. The van der Waals surface area contributed by atoms with Crippen LogP contribution in [0.25, 0.3) is 6.08 Å². The molecule has 1 N–H and O–H groups in total. The molecule has 5 rings (SSSR count). The Balaban J connectivity index is 1.38. The summed E-state index contributed by atoms with van der Waals surface area (Å²) in [5.41, 5.74) is 3.70. The van der Waals surface area contributed by atoms with Crippen molar-refractivity contribution >= 4 is 63.0 Å². The maximum atomic E-state index is 12.9. The van der Waals surface area contributed by atoms with Gasteiger partial charge in [0.15, 0.2) is 17.3 Å². The van der Waals surface area contributed by atoms with Crippen molar-refractivity contribution in [2.45, 2.75) is 20.5 Å². The molecule has 2 aliphatic heterocycles. The van der Waals surface area contributed by atoms with Crippen molar-refractivity contribution in [2.75, 3.05) is 6.61 Å². The number of rotatable bonds is 7. The van der Waals surface area contributed by atoms with Crippen molar-refractivity contribution in [3.8, 4) is 11.5 Å². The van der Waals surface area contributed by atoms with Gasteiger partial charge in [0.1, 0.15) is 11.7 Å². The Morgan fingerprint density at radius 2 is 1.79 bits per heavy atom. The summed E-state index contributed by atoms with van der Waals surface area (Å²) in [4.78, 5) is 17.0. The third kappa shape index (κ3) is 5.48. The number of halogens is 2. The Labute approximate surface area is 234 Å².